The molecule has 17 heavy (non-hydrogen) atoms. The fourth-order valence-electron chi connectivity index (χ4n) is 1.13. The number of amides is 2. The number of carbonyl (C=O) groups excluding carboxylic acids is 1. The maximum absolute atomic E-state index is 11.3. The quantitative estimate of drug-likeness (QED) is 0.529. The molecule has 2 amide bonds. The first-order valence-electron chi connectivity index (χ1n) is 5.96. The number of carbonyl (C=O) groups is 2. The summed E-state index contributed by atoms with van der Waals surface area (Å²) in [7, 11) is 0. The van der Waals surface area contributed by atoms with Crippen LogP contribution in [0.5, 0.6) is 0 Å². The van der Waals surface area contributed by atoms with Gasteiger partial charge in [0.2, 0.25) is 0 Å². The molecule has 0 aromatic heterocycles. The van der Waals surface area contributed by atoms with E-state index in [1.807, 2.05) is 0 Å². The number of unbranched alkanes of at least 4 members (excludes halogenated alkanes) is 1. The largest absolute Gasteiger partial charge is 0.480 e. The SMILES string of the molecule is CCCCOCCNC(=O)N[C@@H](CC)C(=O)O. The molecule has 6 nitrogen and oxygen atoms in total. The predicted octanol–water partition coefficient (Wildman–Crippen LogP) is 0.965. The molecular formula is C11H22N2O4. The predicted molar refractivity (Wildman–Crippen MR) is 64.0 cm³/mol. The zero-order valence-corrected chi connectivity index (χ0v) is 10.5. The molecule has 6 heteroatoms. The van der Waals surface area contributed by atoms with E-state index < -0.39 is 18.0 Å². The zero-order valence-electron chi connectivity index (χ0n) is 10.5. The highest BCUT2D eigenvalue weighted by molar-refractivity contribution is 5.82. The molecule has 0 aliphatic heterocycles. The Morgan fingerprint density at radius 2 is 2.00 bits per heavy atom. The minimum atomic E-state index is -1.03. The fourth-order valence-corrected chi connectivity index (χ4v) is 1.13. The van der Waals surface area contributed by atoms with Crippen molar-refractivity contribution in [2.24, 2.45) is 0 Å². The van der Waals surface area contributed by atoms with Gasteiger partial charge >= 0.3 is 12.0 Å². The van der Waals surface area contributed by atoms with Crippen LogP contribution in [0.1, 0.15) is 33.1 Å². The molecule has 0 aliphatic carbocycles. The third-order valence-corrected chi connectivity index (χ3v) is 2.19. The number of nitrogens with one attached hydrogen (secondary N) is 2. The first kappa shape index (κ1) is 15.7. The number of rotatable bonds is 9. The summed E-state index contributed by atoms with van der Waals surface area (Å²) < 4.78 is 5.24. The minimum Gasteiger partial charge on any atom is -0.480 e. The summed E-state index contributed by atoms with van der Waals surface area (Å²) in [5.74, 6) is -1.03. The van der Waals surface area contributed by atoms with Crippen LogP contribution in [0.3, 0.4) is 0 Å². The van der Waals surface area contributed by atoms with E-state index >= 15 is 0 Å². The van der Waals surface area contributed by atoms with Gasteiger partial charge in [-0.2, -0.15) is 0 Å². The summed E-state index contributed by atoms with van der Waals surface area (Å²) in [6, 6.07) is -1.31. The molecule has 0 unspecified atom stereocenters. The van der Waals surface area contributed by atoms with Crippen LogP contribution < -0.4 is 10.6 Å². The van der Waals surface area contributed by atoms with Gasteiger partial charge in [0.25, 0.3) is 0 Å². The lowest BCUT2D eigenvalue weighted by atomic mass is 10.2. The molecular weight excluding hydrogens is 224 g/mol. The lowest BCUT2D eigenvalue weighted by molar-refractivity contribution is -0.139. The van der Waals surface area contributed by atoms with Crippen LogP contribution in [0.25, 0.3) is 0 Å². The lowest BCUT2D eigenvalue weighted by Crippen LogP contribution is -2.46. The van der Waals surface area contributed by atoms with Crippen molar-refractivity contribution in [3.8, 4) is 0 Å². The van der Waals surface area contributed by atoms with Gasteiger partial charge in [-0.3, -0.25) is 0 Å². The van der Waals surface area contributed by atoms with Gasteiger partial charge in [-0.1, -0.05) is 20.3 Å². The summed E-state index contributed by atoms with van der Waals surface area (Å²) in [6.07, 6.45) is 2.43. The number of urea groups is 1. The lowest BCUT2D eigenvalue weighted by Gasteiger charge is -2.13. The van der Waals surface area contributed by atoms with Crippen LogP contribution in [0.15, 0.2) is 0 Å². The van der Waals surface area contributed by atoms with Crippen molar-refractivity contribution in [3.05, 3.63) is 0 Å². The molecule has 100 valence electrons. The topological polar surface area (TPSA) is 87.7 Å². The second kappa shape index (κ2) is 9.89. The third kappa shape index (κ3) is 8.50. The molecule has 0 spiro atoms. The Morgan fingerprint density at radius 3 is 2.53 bits per heavy atom. The van der Waals surface area contributed by atoms with Crippen LogP contribution in [-0.4, -0.2) is 42.9 Å². The van der Waals surface area contributed by atoms with Crippen LogP contribution >= 0.6 is 0 Å². The number of ether oxygens (including phenoxy) is 1. The van der Waals surface area contributed by atoms with E-state index in [1.54, 1.807) is 6.92 Å². The zero-order chi connectivity index (χ0) is 13.1. The fraction of sp³-hybridized carbons (Fsp3) is 0.818. The second-order valence-electron chi connectivity index (χ2n) is 3.67. The van der Waals surface area contributed by atoms with Gasteiger partial charge in [-0.15, -0.1) is 0 Å². The minimum absolute atomic E-state index is 0.357. The van der Waals surface area contributed by atoms with Gasteiger partial charge in [-0.25, -0.2) is 9.59 Å². The second-order valence-corrected chi connectivity index (χ2v) is 3.67. The average molecular weight is 246 g/mol. The summed E-state index contributed by atoms with van der Waals surface area (Å²) in [6.45, 7) is 5.29. The smallest absolute Gasteiger partial charge is 0.326 e. The molecule has 0 rings (SSSR count). The van der Waals surface area contributed by atoms with Crippen LogP contribution in [0, 0.1) is 0 Å². The molecule has 0 aromatic carbocycles. The highest BCUT2D eigenvalue weighted by Crippen LogP contribution is 1.90. The van der Waals surface area contributed by atoms with Gasteiger partial charge in [0.15, 0.2) is 0 Å². The van der Waals surface area contributed by atoms with Crippen molar-refractivity contribution in [2.75, 3.05) is 19.8 Å². The molecule has 0 aliphatic rings. The van der Waals surface area contributed by atoms with E-state index in [4.69, 9.17) is 9.84 Å². The Kier molecular flexibility index (Phi) is 9.14. The van der Waals surface area contributed by atoms with Crippen molar-refractivity contribution in [1.82, 2.24) is 10.6 Å². The molecule has 0 aromatic rings. The maximum Gasteiger partial charge on any atom is 0.326 e. The normalized spacial score (nSPS) is 11.9. The third-order valence-electron chi connectivity index (χ3n) is 2.19. The first-order chi connectivity index (χ1) is 8.11. The van der Waals surface area contributed by atoms with E-state index in [0.29, 0.717) is 26.2 Å². The highest BCUT2D eigenvalue weighted by Gasteiger charge is 2.16. The number of carboxylic acids is 1. The van der Waals surface area contributed by atoms with Crippen molar-refractivity contribution >= 4 is 12.0 Å². The molecule has 1 atom stereocenters. The number of hydrogen-bond acceptors (Lipinski definition) is 3. The van der Waals surface area contributed by atoms with Crippen LogP contribution in [-0.2, 0) is 9.53 Å². The number of aliphatic carboxylic acids is 1. The molecule has 0 saturated carbocycles. The van der Waals surface area contributed by atoms with E-state index in [0.717, 1.165) is 12.8 Å². The monoisotopic (exact) mass is 246 g/mol. The summed E-state index contributed by atoms with van der Waals surface area (Å²) in [4.78, 5) is 21.9. The van der Waals surface area contributed by atoms with Gasteiger partial charge in [0.1, 0.15) is 6.04 Å². The van der Waals surface area contributed by atoms with E-state index in [-0.39, 0.29) is 0 Å². The van der Waals surface area contributed by atoms with Gasteiger partial charge in [0, 0.05) is 13.2 Å². The van der Waals surface area contributed by atoms with Crippen LogP contribution in [0.4, 0.5) is 4.79 Å². The highest BCUT2D eigenvalue weighted by atomic mass is 16.5. The van der Waals surface area contributed by atoms with Gasteiger partial charge in [-0.05, 0) is 12.8 Å². The standard InChI is InChI=1S/C11H22N2O4/c1-3-5-7-17-8-6-12-11(16)13-9(4-2)10(14)15/h9H,3-8H2,1-2H3,(H,14,15)(H2,12,13,16)/t9-/m0/s1. The van der Waals surface area contributed by atoms with E-state index in [1.165, 1.54) is 0 Å². The maximum atomic E-state index is 11.3. The number of hydrogen-bond donors (Lipinski definition) is 3. The van der Waals surface area contributed by atoms with Gasteiger partial charge < -0.3 is 20.5 Å². The Bertz CT molecular complexity index is 234. The Balaban J connectivity index is 3.55. The van der Waals surface area contributed by atoms with Crippen molar-refractivity contribution < 1.29 is 19.4 Å². The average Bonchev–Trinajstić information content (AvgIpc) is 2.30. The van der Waals surface area contributed by atoms with Crippen molar-refractivity contribution in [2.45, 2.75) is 39.2 Å². The summed E-state index contributed by atoms with van der Waals surface area (Å²) in [5, 5.41) is 13.6. The molecule has 0 fully saturated rings. The van der Waals surface area contributed by atoms with E-state index in [2.05, 4.69) is 17.6 Å². The summed E-state index contributed by atoms with van der Waals surface area (Å²) >= 11 is 0. The molecule has 0 saturated heterocycles. The Labute approximate surface area is 102 Å². The molecule has 0 heterocycles. The van der Waals surface area contributed by atoms with Gasteiger partial charge in [0.05, 0.1) is 6.61 Å². The van der Waals surface area contributed by atoms with Crippen molar-refractivity contribution in [1.29, 1.82) is 0 Å². The van der Waals surface area contributed by atoms with E-state index in [9.17, 15) is 9.59 Å². The Hall–Kier alpha value is -1.30. The molecule has 3 N–H and O–H groups in total. The Morgan fingerprint density at radius 1 is 1.29 bits per heavy atom. The van der Waals surface area contributed by atoms with Crippen molar-refractivity contribution in [3.63, 3.8) is 0 Å². The number of carboxylic acid groups (broad SMARTS) is 1. The first-order valence-corrected chi connectivity index (χ1v) is 5.96. The van der Waals surface area contributed by atoms with Crippen LogP contribution in [0.2, 0.25) is 0 Å². The molecule has 0 radical (unpaired) electrons. The molecule has 0 bridgehead atoms. The summed E-state index contributed by atoms with van der Waals surface area (Å²) in [5.41, 5.74) is 0.